The van der Waals surface area contributed by atoms with Gasteiger partial charge in [0.05, 0.1) is 0 Å². The van der Waals surface area contributed by atoms with Crippen molar-refractivity contribution < 1.29 is 4.39 Å². The molecule has 0 aliphatic carbocycles. The first-order valence-electron chi connectivity index (χ1n) is 6.79. The Hall–Kier alpha value is -0.930. The molecule has 0 radical (unpaired) electrons. The van der Waals surface area contributed by atoms with Gasteiger partial charge in [-0.3, -0.25) is 4.90 Å². The SMILES string of the molecule is CCN(CC)Cc1cc(CNC(C)C)ccc1F. The van der Waals surface area contributed by atoms with Gasteiger partial charge in [0.25, 0.3) is 0 Å². The minimum Gasteiger partial charge on any atom is -0.310 e. The molecule has 1 aromatic rings. The Balaban J connectivity index is 2.74. The monoisotopic (exact) mass is 252 g/mol. The van der Waals surface area contributed by atoms with Crippen LogP contribution in [0.15, 0.2) is 18.2 Å². The average molecular weight is 252 g/mol. The minimum absolute atomic E-state index is 0.102. The van der Waals surface area contributed by atoms with Gasteiger partial charge in [-0.15, -0.1) is 0 Å². The van der Waals surface area contributed by atoms with E-state index in [1.165, 1.54) is 0 Å². The molecule has 3 heteroatoms. The molecule has 1 aromatic carbocycles. The molecule has 1 N–H and O–H groups in total. The normalized spacial score (nSPS) is 11.5. The van der Waals surface area contributed by atoms with E-state index in [0.29, 0.717) is 12.6 Å². The molecule has 0 saturated heterocycles. The third-order valence-corrected chi connectivity index (χ3v) is 3.11. The molecule has 0 heterocycles. The van der Waals surface area contributed by atoms with E-state index in [2.05, 4.69) is 37.9 Å². The number of halogens is 1. The molecular weight excluding hydrogens is 227 g/mol. The van der Waals surface area contributed by atoms with Crippen molar-refractivity contribution in [1.29, 1.82) is 0 Å². The Morgan fingerprint density at radius 1 is 1.22 bits per heavy atom. The molecule has 0 saturated carbocycles. The van der Waals surface area contributed by atoms with E-state index in [-0.39, 0.29) is 5.82 Å². The molecule has 2 nitrogen and oxygen atoms in total. The fourth-order valence-electron chi connectivity index (χ4n) is 1.87. The molecule has 18 heavy (non-hydrogen) atoms. The quantitative estimate of drug-likeness (QED) is 0.802. The molecule has 0 amide bonds. The van der Waals surface area contributed by atoms with Gasteiger partial charge in [-0.1, -0.05) is 39.8 Å². The first-order chi connectivity index (χ1) is 8.56. The predicted molar refractivity (Wildman–Crippen MR) is 75.0 cm³/mol. The molecule has 0 atom stereocenters. The highest BCUT2D eigenvalue weighted by Crippen LogP contribution is 2.13. The Morgan fingerprint density at radius 2 is 1.89 bits per heavy atom. The highest BCUT2D eigenvalue weighted by atomic mass is 19.1. The number of nitrogens with zero attached hydrogens (tertiary/aromatic N) is 1. The van der Waals surface area contributed by atoms with Gasteiger partial charge in [0.2, 0.25) is 0 Å². The van der Waals surface area contributed by atoms with Gasteiger partial charge in [-0.2, -0.15) is 0 Å². The van der Waals surface area contributed by atoms with Crippen molar-refractivity contribution in [2.75, 3.05) is 13.1 Å². The van der Waals surface area contributed by atoms with Crippen LogP contribution in [-0.2, 0) is 13.1 Å². The summed E-state index contributed by atoms with van der Waals surface area (Å²) in [5.74, 6) is -0.102. The van der Waals surface area contributed by atoms with E-state index in [4.69, 9.17) is 0 Å². The van der Waals surface area contributed by atoms with Gasteiger partial charge in [-0.25, -0.2) is 4.39 Å². The molecule has 102 valence electrons. The Bertz CT molecular complexity index is 360. The van der Waals surface area contributed by atoms with Crippen molar-refractivity contribution in [3.63, 3.8) is 0 Å². The molecule has 0 spiro atoms. The third kappa shape index (κ3) is 4.75. The maximum Gasteiger partial charge on any atom is 0.127 e. The van der Waals surface area contributed by atoms with E-state index in [0.717, 1.165) is 30.8 Å². The zero-order valence-electron chi connectivity index (χ0n) is 12.0. The maximum absolute atomic E-state index is 13.8. The lowest BCUT2D eigenvalue weighted by atomic mass is 10.1. The fraction of sp³-hybridized carbons (Fsp3) is 0.600. The highest BCUT2D eigenvalue weighted by Gasteiger charge is 2.07. The van der Waals surface area contributed by atoms with Crippen LogP contribution in [0, 0.1) is 5.82 Å². The maximum atomic E-state index is 13.8. The Morgan fingerprint density at radius 3 is 2.44 bits per heavy atom. The molecule has 0 fully saturated rings. The van der Waals surface area contributed by atoms with E-state index in [1.807, 2.05) is 12.1 Å². The summed E-state index contributed by atoms with van der Waals surface area (Å²) < 4.78 is 13.8. The van der Waals surface area contributed by atoms with Crippen molar-refractivity contribution in [2.45, 2.75) is 46.8 Å². The molecule has 0 aromatic heterocycles. The third-order valence-electron chi connectivity index (χ3n) is 3.11. The summed E-state index contributed by atoms with van der Waals surface area (Å²) in [6.07, 6.45) is 0. The van der Waals surface area contributed by atoms with Crippen LogP contribution in [0.25, 0.3) is 0 Å². The summed E-state index contributed by atoms with van der Waals surface area (Å²) >= 11 is 0. The summed E-state index contributed by atoms with van der Waals surface area (Å²) in [6.45, 7) is 11.8. The van der Waals surface area contributed by atoms with Crippen LogP contribution in [-0.4, -0.2) is 24.0 Å². The van der Waals surface area contributed by atoms with Crippen molar-refractivity contribution in [2.24, 2.45) is 0 Å². The molecule has 1 rings (SSSR count). The van der Waals surface area contributed by atoms with Crippen molar-refractivity contribution >= 4 is 0 Å². The van der Waals surface area contributed by atoms with Gasteiger partial charge in [0, 0.05) is 24.7 Å². The molecular formula is C15H25FN2. The van der Waals surface area contributed by atoms with Crippen molar-refractivity contribution in [3.8, 4) is 0 Å². The van der Waals surface area contributed by atoms with Crippen LogP contribution >= 0.6 is 0 Å². The van der Waals surface area contributed by atoms with Crippen molar-refractivity contribution in [3.05, 3.63) is 35.1 Å². The van der Waals surface area contributed by atoms with E-state index < -0.39 is 0 Å². The number of nitrogens with one attached hydrogen (secondary N) is 1. The second-order valence-electron chi connectivity index (χ2n) is 4.92. The highest BCUT2D eigenvalue weighted by molar-refractivity contribution is 5.25. The van der Waals surface area contributed by atoms with Gasteiger partial charge in [0.15, 0.2) is 0 Å². The topological polar surface area (TPSA) is 15.3 Å². The minimum atomic E-state index is -0.102. The van der Waals surface area contributed by atoms with Crippen LogP contribution in [0.5, 0.6) is 0 Å². The largest absolute Gasteiger partial charge is 0.310 e. The summed E-state index contributed by atoms with van der Waals surface area (Å²) in [4.78, 5) is 2.22. The zero-order chi connectivity index (χ0) is 13.5. The second-order valence-corrected chi connectivity index (χ2v) is 4.92. The van der Waals surface area contributed by atoms with Crippen LogP contribution in [0.3, 0.4) is 0 Å². The fourth-order valence-corrected chi connectivity index (χ4v) is 1.87. The Kier molecular flexibility index (Phi) is 6.30. The molecule has 0 aliphatic heterocycles. The molecule has 0 unspecified atom stereocenters. The predicted octanol–water partition coefficient (Wildman–Crippen LogP) is 3.17. The van der Waals surface area contributed by atoms with Crippen LogP contribution in [0.2, 0.25) is 0 Å². The van der Waals surface area contributed by atoms with Crippen LogP contribution in [0.1, 0.15) is 38.8 Å². The van der Waals surface area contributed by atoms with E-state index >= 15 is 0 Å². The average Bonchev–Trinajstić information content (AvgIpc) is 2.36. The Labute approximate surface area is 110 Å². The van der Waals surface area contributed by atoms with Crippen LogP contribution in [0.4, 0.5) is 4.39 Å². The van der Waals surface area contributed by atoms with Gasteiger partial charge in [-0.05, 0) is 24.7 Å². The molecule has 0 aliphatic rings. The first kappa shape index (κ1) is 15.1. The summed E-state index contributed by atoms with van der Waals surface area (Å²) in [7, 11) is 0. The number of hydrogen-bond donors (Lipinski definition) is 1. The number of benzene rings is 1. The van der Waals surface area contributed by atoms with Crippen molar-refractivity contribution in [1.82, 2.24) is 10.2 Å². The van der Waals surface area contributed by atoms with Gasteiger partial charge in [0.1, 0.15) is 5.82 Å². The summed E-state index contributed by atoms with van der Waals surface area (Å²) in [5, 5.41) is 3.35. The first-order valence-corrected chi connectivity index (χ1v) is 6.79. The van der Waals surface area contributed by atoms with Gasteiger partial charge < -0.3 is 5.32 Å². The lowest BCUT2D eigenvalue weighted by Gasteiger charge is -2.19. The standard InChI is InChI=1S/C15H25FN2/c1-5-18(6-2)11-14-9-13(7-8-15(14)16)10-17-12(3)4/h7-9,12,17H,5-6,10-11H2,1-4H3. The second kappa shape index (κ2) is 7.49. The number of hydrogen-bond acceptors (Lipinski definition) is 2. The van der Waals surface area contributed by atoms with E-state index in [9.17, 15) is 4.39 Å². The lowest BCUT2D eigenvalue weighted by Crippen LogP contribution is -2.24. The zero-order valence-corrected chi connectivity index (χ0v) is 12.0. The van der Waals surface area contributed by atoms with Gasteiger partial charge >= 0.3 is 0 Å². The van der Waals surface area contributed by atoms with Crippen LogP contribution < -0.4 is 5.32 Å². The summed E-state index contributed by atoms with van der Waals surface area (Å²) in [5.41, 5.74) is 1.94. The summed E-state index contributed by atoms with van der Waals surface area (Å²) in [6, 6.07) is 5.86. The van der Waals surface area contributed by atoms with E-state index in [1.54, 1.807) is 6.07 Å². The number of rotatable bonds is 7. The molecule has 0 bridgehead atoms. The smallest absolute Gasteiger partial charge is 0.127 e. The lowest BCUT2D eigenvalue weighted by molar-refractivity contribution is 0.291.